The highest BCUT2D eigenvalue weighted by molar-refractivity contribution is 5.71. The number of hydrogen-bond acceptors (Lipinski definition) is 8. The number of piperidine rings is 1. The fraction of sp³-hybridized carbons (Fsp3) is 0.545. The van der Waals surface area contributed by atoms with Crippen molar-refractivity contribution in [2.75, 3.05) is 31.6 Å². The first kappa shape index (κ1) is 23.1. The maximum Gasteiger partial charge on any atom is 0.292 e. The molecule has 0 bridgehead atoms. The standard InChI is InChI=1S/C22H31N5O4/c28-16-18-15-19(29)9-13-26(18)12-4-2-1-3-10-23-21-8-7-17(14-22(21)27(30)31)20-6-5-11-24-25-20/h5-8,11,14,18-19,23,28-29H,1-4,9-10,12-13,15-16H2/t18-,19+/m0/s1. The molecule has 1 aromatic carbocycles. The molecule has 0 saturated carbocycles. The van der Waals surface area contributed by atoms with E-state index in [1.807, 2.05) is 6.07 Å². The van der Waals surface area contributed by atoms with Crippen molar-refractivity contribution in [2.24, 2.45) is 0 Å². The van der Waals surface area contributed by atoms with Crippen LogP contribution in [0.25, 0.3) is 11.3 Å². The van der Waals surface area contributed by atoms with Crippen LogP contribution in [0.15, 0.2) is 36.5 Å². The van der Waals surface area contributed by atoms with Crippen molar-refractivity contribution >= 4 is 11.4 Å². The van der Waals surface area contributed by atoms with Crippen LogP contribution in [0, 0.1) is 10.1 Å². The van der Waals surface area contributed by atoms with Gasteiger partial charge in [0, 0.05) is 37.0 Å². The van der Waals surface area contributed by atoms with E-state index in [0.717, 1.165) is 45.2 Å². The number of nitro groups is 1. The molecule has 2 heterocycles. The van der Waals surface area contributed by atoms with E-state index in [4.69, 9.17) is 0 Å². The van der Waals surface area contributed by atoms with Gasteiger partial charge in [-0.05, 0) is 50.4 Å². The van der Waals surface area contributed by atoms with Gasteiger partial charge in [-0.3, -0.25) is 15.0 Å². The molecule has 3 N–H and O–H groups in total. The van der Waals surface area contributed by atoms with Gasteiger partial charge in [0.05, 0.1) is 23.3 Å². The summed E-state index contributed by atoms with van der Waals surface area (Å²) in [5, 5.41) is 41.7. The summed E-state index contributed by atoms with van der Waals surface area (Å²) in [6.45, 7) is 2.53. The number of aliphatic hydroxyl groups excluding tert-OH is 2. The van der Waals surface area contributed by atoms with Crippen LogP contribution in [0.3, 0.4) is 0 Å². The maximum absolute atomic E-state index is 11.5. The van der Waals surface area contributed by atoms with E-state index in [2.05, 4.69) is 20.4 Å². The first-order valence-electron chi connectivity index (χ1n) is 10.9. The lowest BCUT2D eigenvalue weighted by Gasteiger charge is -2.36. The second-order valence-corrected chi connectivity index (χ2v) is 7.99. The molecule has 3 rings (SSSR count). The fourth-order valence-electron chi connectivity index (χ4n) is 4.03. The maximum atomic E-state index is 11.5. The zero-order valence-electron chi connectivity index (χ0n) is 17.7. The van der Waals surface area contributed by atoms with Crippen molar-refractivity contribution in [3.8, 4) is 11.3 Å². The third kappa shape index (κ3) is 6.68. The van der Waals surface area contributed by atoms with Crippen molar-refractivity contribution in [3.05, 3.63) is 46.6 Å². The molecule has 1 aliphatic heterocycles. The molecule has 9 heteroatoms. The van der Waals surface area contributed by atoms with E-state index in [1.165, 1.54) is 6.07 Å². The van der Waals surface area contributed by atoms with Crippen molar-refractivity contribution in [1.82, 2.24) is 15.1 Å². The first-order valence-corrected chi connectivity index (χ1v) is 10.9. The van der Waals surface area contributed by atoms with Gasteiger partial charge in [0.25, 0.3) is 5.69 Å². The minimum absolute atomic E-state index is 0.0329. The van der Waals surface area contributed by atoms with E-state index in [9.17, 15) is 20.3 Å². The second kappa shape index (κ2) is 11.7. The van der Waals surface area contributed by atoms with Gasteiger partial charge in [-0.2, -0.15) is 10.2 Å². The number of anilines is 1. The van der Waals surface area contributed by atoms with Crippen LogP contribution in [0.5, 0.6) is 0 Å². The number of benzene rings is 1. The molecule has 31 heavy (non-hydrogen) atoms. The molecule has 0 amide bonds. The number of unbranched alkanes of at least 4 members (excludes halogenated alkanes) is 3. The number of hydrogen-bond donors (Lipinski definition) is 3. The lowest BCUT2D eigenvalue weighted by Crippen LogP contribution is -2.46. The average Bonchev–Trinajstić information content (AvgIpc) is 2.79. The first-order chi connectivity index (χ1) is 15.1. The molecule has 1 saturated heterocycles. The number of aliphatic hydroxyl groups is 2. The summed E-state index contributed by atoms with van der Waals surface area (Å²) < 4.78 is 0. The summed E-state index contributed by atoms with van der Waals surface area (Å²) in [5.74, 6) is 0. The normalized spacial score (nSPS) is 19.3. The fourth-order valence-corrected chi connectivity index (χ4v) is 4.03. The highest BCUT2D eigenvalue weighted by Crippen LogP contribution is 2.29. The molecule has 0 radical (unpaired) electrons. The number of rotatable bonds is 11. The number of nitrogens with zero attached hydrogens (tertiary/aromatic N) is 4. The van der Waals surface area contributed by atoms with Crippen LogP contribution in [-0.4, -0.2) is 68.6 Å². The summed E-state index contributed by atoms with van der Waals surface area (Å²) in [7, 11) is 0. The molecule has 0 spiro atoms. The van der Waals surface area contributed by atoms with Crippen LogP contribution in [0.4, 0.5) is 11.4 Å². The molecule has 1 aromatic heterocycles. The SMILES string of the molecule is O=[N+]([O-])c1cc(-c2cccnn2)ccc1NCCCCCCN1CC[C@@H](O)C[C@H]1CO. The zero-order chi connectivity index (χ0) is 22.1. The van der Waals surface area contributed by atoms with Gasteiger partial charge >= 0.3 is 0 Å². The van der Waals surface area contributed by atoms with Gasteiger partial charge < -0.3 is 15.5 Å². The number of nitrogens with one attached hydrogen (secondary N) is 1. The van der Waals surface area contributed by atoms with E-state index < -0.39 is 0 Å². The molecule has 1 aliphatic rings. The molecule has 0 unspecified atom stereocenters. The number of aromatic nitrogens is 2. The molecule has 168 valence electrons. The Kier molecular flexibility index (Phi) is 8.69. The van der Waals surface area contributed by atoms with Crippen LogP contribution in [0.1, 0.15) is 38.5 Å². The summed E-state index contributed by atoms with van der Waals surface area (Å²) >= 11 is 0. The second-order valence-electron chi connectivity index (χ2n) is 7.99. The minimum atomic E-state index is -0.380. The van der Waals surface area contributed by atoms with Gasteiger partial charge in [-0.25, -0.2) is 0 Å². The van der Waals surface area contributed by atoms with Gasteiger partial charge in [0.1, 0.15) is 5.69 Å². The number of nitro benzene ring substituents is 1. The lowest BCUT2D eigenvalue weighted by molar-refractivity contribution is -0.383. The number of likely N-dealkylation sites (tertiary alicyclic amines) is 1. The third-order valence-electron chi connectivity index (χ3n) is 5.77. The average molecular weight is 430 g/mol. The molecule has 1 fully saturated rings. The van der Waals surface area contributed by atoms with E-state index in [0.29, 0.717) is 29.9 Å². The zero-order valence-corrected chi connectivity index (χ0v) is 17.7. The predicted molar refractivity (Wildman–Crippen MR) is 119 cm³/mol. The molecule has 9 nitrogen and oxygen atoms in total. The summed E-state index contributed by atoms with van der Waals surface area (Å²) in [5.41, 5.74) is 1.81. The monoisotopic (exact) mass is 429 g/mol. The highest BCUT2D eigenvalue weighted by Gasteiger charge is 2.26. The Morgan fingerprint density at radius 1 is 1.23 bits per heavy atom. The highest BCUT2D eigenvalue weighted by atomic mass is 16.6. The summed E-state index contributed by atoms with van der Waals surface area (Å²) in [4.78, 5) is 13.4. The minimum Gasteiger partial charge on any atom is -0.395 e. The molecular weight excluding hydrogens is 398 g/mol. The van der Waals surface area contributed by atoms with E-state index in [-0.39, 0.29) is 29.4 Å². The van der Waals surface area contributed by atoms with Crippen LogP contribution in [-0.2, 0) is 0 Å². The van der Waals surface area contributed by atoms with Crippen LogP contribution >= 0.6 is 0 Å². The van der Waals surface area contributed by atoms with E-state index >= 15 is 0 Å². The Balaban J connectivity index is 1.41. The lowest BCUT2D eigenvalue weighted by atomic mass is 9.99. The predicted octanol–water partition coefficient (Wildman–Crippen LogP) is 2.84. The van der Waals surface area contributed by atoms with Crippen molar-refractivity contribution in [2.45, 2.75) is 50.7 Å². The smallest absolute Gasteiger partial charge is 0.292 e. The van der Waals surface area contributed by atoms with E-state index in [1.54, 1.807) is 24.4 Å². The molecular formula is C22H31N5O4. The quantitative estimate of drug-likeness (QED) is 0.283. The third-order valence-corrected chi connectivity index (χ3v) is 5.77. The van der Waals surface area contributed by atoms with Crippen molar-refractivity contribution in [1.29, 1.82) is 0 Å². The molecule has 2 atom stereocenters. The van der Waals surface area contributed by atoms with Crippen LogP contribution in [0.2, 0.25) is 0 Å². The molecule has 0 aliphatic carbocycles. The van der Waals surface area contributed by atoms with Crippen molar-refractivity contribution in [3.63, 3.8) is 0 Å². The van der Waals surface area contributed by atoms with Gasteiger partial charge in [-0.1, -0.05) is 18.9 Å². The summed E-state index contributed by atoms with van der Waals surface area (Å²) in [6, 6.07) is 8.65. The Morgan fingerprint density at radius 2 is 2.06 bits per heavy atom. The van der Waals surface area contributed by atoms with Crippen LogP contribution < -0.4 is 5.32 Å². The Labute approximate surface area is 182 Å². The summed E-state index contributed by atoms with van der Waals surface area (Å²) in [6.07, 6.45) is 6.74. The Hall–Kier alpha value is -2.62. The molecule has 2 aromatic rings. The Bertz CT molecular complexity index is 836. The van der Waals surface area contributed by atoms with Gasteiger partial charge in [0.2, 0.25) is 0 Å². The largest absolute Gasteiger partial charge is 0.395 e. The van der Waals surface area contributed by atoms with Crippen molar-refractivity contribution < 1.29 is 15.1 Å². The van der Waals surface area contributed by atoms with Gasteiger partial charge in [0.15, 0.2) is 0 Å². The Morgan fingerprint density at radius 3 is 2.81 bits per heavy atom. The topological polar surface area (TPSA) is 125 Å². The van der Waals surface area contributed by atoms with Gasteiger partial charge in [-0.15, -0.1) is 0 Å².